The zero-order chi connectivity index (χ0) is 17.4. The van der Waals surface area contributed by atoms with Gasteiger partial charge in [0.15, 0.2) is 0 Å². The van der Waals surface area contributed by atoms with Gasteiger partial charge in [-0.3, -0.25) is 10.1 Å². The SMILES string of the molecule is O=C(O)C1CC(c2ccccc2Cl)NC2NNC(c3ccccc3)C21. The second kappa shape index (κ2) is 6.77. The summed E-state index contributed by atoms with van der Waals surface area (Å²) in [5.74, 6) is -1.32. The Morgan fingerprint density at radius 1 is 1.04 bits per heavy atom. The van der Waals surface area contributed by atoms with Crippen LogP contribution in [0.3, 0.4) is 0 Å². The Kier molecular flexibility index (Phi) is 4.48. The van der Waals surface area contributed by atoms with Crippen LogP contribution in [0.15, 0.2) is 54.6 Å². The summed E-state index contributed by atoms with van der Waals surface area (Å²) in [6, 6.07) is 17.4. The molecule has 5 nitrogen and oxygen atoms in total. The number of halogens is 1. The fourth-order valence-corrected chi connectivity index (χ4v) is 4.35. The third-order valence-electron chi connectivity index (χ3n) is 5.26. The summed E-state index contributed by atoms with van der Waals surface area (Å²) < 4.78 is 0. The average molecular weight is 358 g/mol. The molecule has 2 fully saturated rings. The molecular weight excluding hydrogens is 338 g/mol. The molecule has 5 atom stereocenters. The highest BCUT2D eigenvalue weighted by Crippen LogP contribution is 2.43. The molecule has 2 saturated heterocycles. The van der Waals surface area contributed by atoms with Crippen LogP contribution in [0.2, 0.25) is 5.02 Å². The third-order valence-corrected chi connectivity index (χ3v) is 5.60. The standard InChI is InChI=1S/C19H20ClN3O2/c20-14-9-5-4-8-12(14)15-10-13(19(24)25)16-17(22-23-18(16)21-15)11-6-2-1-3-7-11/h1-9,13,15-18,21-23H,10H2,(H,24,25). The van der Waals surface area contributed by atoms with Gasteiger partial charge in [0.2, 0.25) is 0 Å². The molecule has 2 heterocycles. The molecule has 5 unspecified atom stereocenters. The van der Waals surface area contributed by atoms with Gasteiger partial charge in [-0.2, -0.15) is 0 Å². The second-order valence-electron chi connectivity index (χ2n) is 6.65. The van der Waals surface area contributed by atoms with Crippen molar-refractivity contribution in [3.8, 4) is 0 Å². The van der Waals surface area contributed by atoms with Crippen molar-refractivity contribution in [3.63, 3.8) is 0 Å². The first-order valence-corrected chi connectivity index (χ1v) is 8.82. The predicted octanol–water partition coefficient (Wildman–Crippen LogP) is 2.87. The number of rotatable bonds is 3. The number of carbonyl (C=O) groups is 1. The summed E-state index contributed by atoms with van der Waals surface area (Å²) in [4.78, 5) is 12.0. The first-order valence-electron chi connectivity index (χ1n) is 8.44. The van der Waals surface area contributed by atoms with E-state index >= 15 is 0 Å². The Morgan fingerprint density at radius 2 is 1.76 bits per heavy atom. The van der Waals surface area contributed by atoms with Gasteiger partial charge in [0, 0.05) is 17.0 Å². The summed E-state index contributed by atoms with van der Waals surface area (Å²) in [6.07, 6.45) is 0.369. The van der Waals surface area contributed by atoms with E-state index in [2.05, 4.69) is 16.2 Å². The number of carboxylic acids is 1. The molecule has 130 valence electrons. The minimum Gasteiger partial charge on any atom is -0.481 e. The highest BCUT2D eigenvalue weighted by atomic mass is 35.5. The van der Waals surface area contributed by atoms with E-state index in [9.17, 15) is 9.90 Å². The van der Waals surface area contributed by atoms with Crippen molar-refractivity contribution < 1.29 is 9.90 Å². The van der Waals surface area contributed by atoms with E-state index in [4.69, 9.17) is 11.6 Å². The van der Waals surface area contributed by atoms with Gasteiger partial charge in [0.05, 0.1) is 18.1 Å². The molecule has 0 radical (unpaired) electrons. The molecular formula is C19H20ClN3O2. The van der Waals surface area contributed by atoms with Gasteiger partial charge < -0.3 is 5.11 Å². The Labute approximate surface area is 151 Å². The van der Waals surface area contributed by atoms with Gasteiger partial charge in [0.25, 0.3) is 0 Å². The highest BCUT2D eigenvalue weighted by molar-refractivity contribution is 6.31. The third kappa shape index (κ3) is 3.04. The second-order valence-corrected chi connectivity index (χ2v) is 7.06. The summed E-state index contributed by atoms with van der Waals surface area (Å²) >= 11 is 6.33. The van der Waals surface area contributed by atoms with Crippen LogP contribution in [0.1, 0.15) is 29.6 Å². The smallest absolute Gasteiger partial charge is 0.307 e. The Balaban J connectivity index is 1.65. The number of nitrogens with one attached hydrogen (secondary N) is 3. The van der Waals surface area contributed by atoms with Gasteiger partial charge in [-0.15, -0.1) is 0 Å². The molecule has 0 amide bonds. The van der Waals surface area contributed by atoms with E-state index in [1.165, 1.54) is 0 Å². The molecule has 2 aliphatic heterocycles. The van der Waals surface area contributed by atoms with E-state index in [1.807, 2.05) is 54.6 Å². The predicted molar refractivity (Wildman–Crippen MR) is 95.8 cm³/mol. The van der Waals surface area contributed by atoms with Crippen LogP contribution in [-0.4, -0.2) is 17.2 Å². The van der Waals surface area contributed by atoms with Crippen LogP contribution in [0.4, 0.5) is 0 Å². The van der Waals surface area contributed by atoms with Gasteiger partial charge in [0.1, 0.15) is 0 Å². The van der Waals surface area contributed by atoms with Crippen LogP contribution in [-0.2, 0) is 4.79 Å². The molecule has 0 bridgehead atoms. The molecule has 2 aromatic carbocycles. The Hall–Kier alpha value is -1.92. The number of piperidine rings is 1. The van der Waals surface area contributed by atoms with Crippen LogP contribution in [0.25, 0.3) is 0 Å². The lowest BCUT2D eigenvalue weighted by atomic mass is 9.75. The molecule has 0 aliphatic carbocycles. The lowest BCUT2D eigenvalue weighted by molar-refractivity contribution is -0.146. The van der Waals surface area contributed by atoms with Gasteiger partial charge in [-0.25, -0.2) is 10.9 Å². The molecule has 4 rings (SSSR count). The van der Waals surface area contributed by atoms with Crippen molar-refractivity contribution >= 4 is 17.6 Å². The first kappa shape index (κ1) is 16.5. The van der Waals surface area contributed by atoms with E-state index in [0.29, 0.717) is 11.4 Å². The topological polar surface area (TPSA) is 73.4 Å². The minimum absolute atomic E-state index is 0.0491. The maximum Gasteiger partial charge on any atom is 0.307 e. The van der Waals surface area contributed by atoms with E-state index in [0.717, 1.165) is 11.1 Å². The molecule has 4 N–H and O–H groups in total. The number of hydrazine groups is 1. The first-order chi connectivity index (χ1) is 12.1. The number of hydrogen-bond acceptors (Lipinski definition) is 4. The lowest BCUT2D eigenvalue weighted by Crippen LogP contribution is -2.53. The minimum atomic E-state index is -0.764. The maximum absolute atomic E-state index is 12.0. The van der Waals surface area contributed by atoms with Crippen LogP contribution in [0, 0.1) is 11.8 Å². The summed E-state index contributed by atoms with van der Waals surface area (Å²) in [6.45, 7) is 0. The van der Waals surface area contributed by atoms with Crippen molar-refractivity contribution in [1.82, 2.24) is 16.2 Å². The number of carboxylic acid groups (broad SMARTS) is 1. The molecule has 6 heteroatoms. The lowest BCUT2D eigenvalue weighted by Gasteiger charge is -2.39. The number of fused-ring (bicyclic) bond motifs is 1. The maximum atomic E-state index is 12.0. The molecule has 25 heavy (non-hydrogen) atoms. The van der Waals surface area contributed by atoms with E-state index < -0.39 is 11.9 Å². The fraction of sp³-hybridized carbons (Fsp3) is 0.316. The molecule has 0 saturated carbocycles. The zero-order valence-corrected chi connectivity index (χ0v) is 14.3. The zero-order valence-electron chi connectivity index (χ0n) is 13.5. The van der Waals surface area contributed by atoms with Crippen molar-refractivity contribution in [2.45, 2.75) is 24.7 Å². The summed E-state index contributed by atoms with van der Waals surface area (Å²) in [5, 5.41) is 14.1. The molecule has 0 spiro atoms. The van der Waals surface area contributed by atoms with E-state index in [-0.39, 0.29) is 24.2 Å². The Bertz CT molecular complexity index is 770. The highest BCUT2D eigenvalue weighted by Gasteiger charge is 2.49. The fourth-order valence-electron chi connectivity index (χ4n) is 4.08. The van der Waals surface area contributed by atoms with E-state index in [1.54, 1.807) is 0 Å². The van der Waals surface area contributed by atoms with Crippen LogP contribution >= 0.6 is 11.6 Å². The van der Waals surface area contributed by atoms with Gasteiger partial charge in [-0.05, 0) is 23.6 Å². The van der Waals surface area contributed by atoms with Gasteiger partial charge >= 0.3 is 5.97 Å². The normalized spacial score (nSPS) is 31.5. The Morgan fingerprint density at radius 3 is 2.48 bits per heavy atom. The summed E-state index contributed by atoms with van der Waals surface area (Å²) in [5.41, 5.74) is 8.55. The average Bonchev–Trinajstić information content (AvgIpc) is 3.06. The van der Waals surface area contributed by atoms with Crippen molar-refractivity contribution in [2.75, 3.05) is 0 Å². The van der Waals surface area contributed by atoms with Crippen LogP contribution in [0.5, 0.6) is 0 Å². The number of benzene rings is 2. The number of hydrogen-bond donors (Lipinski definition) is 4. The van der Waals surface area contributed by atoms with Crippen molar-refractivity contribution in [3.05, 3.63) is 70.7 Å². The monoisotopic (exact) mass is 357 g/mol. The quantitative estimate of drug-likeness (QED) is 0.680. The van der Waals surface area contributed by atoms with Crippen molar-refractivity contribution in [1.29, 1.82) is 0 Å². The summed E-state index contributed by atoms with van der Waals surface area (Å²) in [7, 11) is 0. The van der Waals surface area contributed by atoms with Crippen LogP contribution < -0.4 is 16.2 Å². The van der Waals surface area contributed by atoms with Crippen molar-refractivity contribution in [2.24, 2.45) is 11.8 Å². The molecule has 0 aromatic heterocycles. The number of aliphatic carboxylic acids is 1. The van der Waals surface area contributed by atoms with Gasteiger partial charge in [-0.1, -0.05) is 60.1 Å². The molecule has 2 aromatic rings. The molecule has 2 aliphatic rings. The largest absolute Gasteiger partial charge is 0.481 e.